The van der Waals surface area contributed by atoms with Crippen molar-refractivity contribution in [1.82, 2.24) is 0 Å². The van der Waals surface area contributed by atoms with Crippen LogP contribution in [0.25, 0.3) is 0 Å². The maximum Gasteiger partial charge on any atom is 0.145 e. The van der Waals surface area contributed by atoms with E-state index in [-0.39, 0.29) is 5.82 Å². The van der Waals surface area contributed by atoms with E-state index in [1.54, 1.807) is 11.8 Å². The van der Waals surface area contributed by atoms with Crippen molar-refractivity contribution in [2.24, 2.45) is 0 Å². The lowest BCUT2D eigenvalue weighted by molar-refractivity contribution is 0.344. The first-order chi connectivity index (χ1) is 6.65. The predicted octanol–water partition coefficient (Wildman–Crippen LogP) is 2.91. The van der Waals surface area contributed by atoms with Gasteiger partial charge in [0, 0.05) is 11.8 Å². The minimum absolute atomic E-state index is 0.354. The van der Waals surface area contributed by atoms with E-state index in [0.29, 0.717) is 22.5 Å². The van der Waals surface area contributed by atoms with Crippen molar-refractivity contribution in [3.8, 4) is 5.75 Å². The first-order valence-electron chi connectivity index (χ1n) is 4.01. The first-order valence-corrected chi connectivity index (χ1v) is 6.20. The van der Waals surface area contributed by atoms with E-state index >= 15 is 0 Å². The molecular weight excluding hydrogens is 269 g/mol. The molecule has 0 saturated heterocycles. The fourth-order valence-electron chi connectivity index (χ4n) is 0.904. The highest BCUT2D eigenvalue weighted by molar-refractivity contribution is 9.10. The van der Waals surface area contributed by atoms with Gasteiger partial charge in [-0.3, -0.25) is 0 Å². The molecule has 0 spiro atoms. The van der Waals surface area contributed by atoms with Gasteiger partial charge in [0.25, 0.3) is 0 Å². The van der Waals surface area contributed by atoms with Gasteiger partial charge in [0.05, 0.1) is 16.8 Å². The average molecular weight is 280 g/mol. The van der Waals surface area contributed by atoms with Crippen molar-refractivity contribution < 1.29 is 9.13 Å². The Balaban J connectivity index is 2.72. The van der Waals surface area contributed by atoms with Gasteiger partial charge in [-0.1, -0.05) is 0 Å². The maximum atomic E-state index is 13.1. The lowest BCUT2D eigenvalue weighted by Crippen LogP contribution is -2.02. The van der Waals surface area contributed by atoms with Crippen molar-refractivity contribution >= 4 is 33.4 Å². The molecule has 78 valence electrons. The van der Waals surface area contributed by atoms with Gasteiger partial charge >= 0.3 is 0 Å². The van der Waals surface area contributed by atoms with Crippen molar-refractivity contribution in [3.63, 3.8) is 0 Å². The van der Waals surface area contributed by atoms with E-state index in [2.05, 4.69) is 15.9 Å². The molecule has 1 aromatic rings. The van der Waals surface area contributed by atoms with Crippen LogP contribution < -0.4 is 10.5 Å². The number of benzene rings is 1. The Morgan fingerprint density at radius 1 is 1.57 bits per heavy atom. The van der Waals surface area contributed by atoms with Crippen LogP contribution in [0.1, 0.15) is 0 Å². The molecule has 2 N–H and O–H groups in total. The summed E-state index contributed by atoms with van der Waals surface area (Å²) in [5.74, 6) is 0.898. The van der Waals surface area contributed by atoms with Gasteiger partial charge in [-0.15, -0.1) is 0 Å². The second kappa shape index (κ2) is 5.46. The standard InChI is InChI=1S/C9H11BrFNOS/c1-14-3-2-13-9-5-7(11)6(10)4-8(9)12/h4-5H,2-3,12H2,1H3. The summed E-state index contributed by atoms with van der Waals surface area (Å²) in [4.78, 5) is 0. The summed E-state index contributed by atoms with van der Waals surface area (Å²) < 4.78 is 18.7. The van der Waals surface area contributed by atoms with E-state index in [9.17, 15) is 4.39 Å². The quantitative estimate of drug-likeness (QED) is 0.680. The van der Waals surface area contributed by atoms with Crippen LogP contribution in [0.3, 0.4) is 0 Å². The molecule has 0 atom stereocenters. The number of rotatable bonds is 4. The van der Waals surface area contributed by atoms with Crippen molar-refractivity contribution in [2.45, 2.75) is 0 Å². The molecule has 0 aromatic heterocycles. The number of hydrogen-bond acceptors (Lipinski definition) is 3. The van der Waals surface area contributed by atoms with Gasteiger partial charge < -0.3 is 10.5 Å². The molecule has 2 nitrogen and oxygen atoms in total. The Morgan fingerprint density at radius 3 is 2.93 bits per heavy atom. The fraction of sp³-hybridized carbons (Fsp3) is 0.333. The molecule has 1 rings (SSSR count). The fourth-order valence-corrected chi connectivity index (χ4v) is 1.52. The molecule has 5 heteroatoms. The van der Waals surface area contributed by atoms with Crippen molar-refractivity contribution in [3.05, 3.63) is 22.4 Å². The number of nitrogens with two attached hydrogens (primary N) is 1. The number of thioether (sulfide) groups is 1. The third kappa shape index (κ3) is 3.06. The summed E-state index contributed by atoms with van der Waals surface area (Å²) >= 11 is 4.71. The molecular formula is C9H11BrFNOS. The first kappa shape index (κ1) is 11.7. The van der Waals surface area contributed by atoms with Gasteiger partial charge in [0.1, 0.15) is 11.6 Å². The lowest BCUT2D eigenvalue weighted by Gasteiger charge is -2.08. The second-order valence-corrected chi connectivity index (χ2v) is 4.49. The van der Waals surface area contributed by atoms with Crippen molar-refractivity contribution in [1.29, 1.82) is 0 Å². The van der Waals surface area contributed by atoms with Gasteiger partial charge in [0.15, 0.2) is 0 Å². The summed E-state index contributed by atoms with van der Waals surface area (Å²) in [6.07, 6.45) is 1.98. The topological polar surface area (TPSA) is 35.2 Å². The molecule has 0 unspecified atom stereocenters. The van der Waals surface area contributed by atoms with E-state index in [1.807, 2.05) is 6.26 Å². The Morgan fingerprint density at radius 2 is 2.29 bits per heavy atom. The van der Waals surface area contributed by atoms with Crippen LogP contribution in [0.15, 0.2) is 16.6 Å². The maximum absolute atomic E-state index is 13.1. The van der Waals surface area contributed by atoms with Gasteiger partial charge in [-0.05, 0) is 28.3 Å². The van der Waals surface area contributed by atoms with Crippen LogP contribution in [-0.2, 0) is 0 Å². The summed E-state index contributed by atoms with van der Waals surface area (Å²) in [6.45, 7) is 0.534. The second-order valence-electron chi connectivity index (χ2n) is 2.65. The van der Waals surface area contributed by atoms with E-state index < -0.39 is 0 Å². The molecule has 0 fully saturated rings. The predicted molar refractivity (Wildman–Crippen MR) is 62.4 cm³/mol. The molecule has 0 aliphatic rings. The summed E-state index contributed by atoms with van der Waals surface area (Å²) in [7, 11) is 0. The average Bonchev–Trinajstić information content (AvgIpc) is 2.14. The summed E-state index contributed by atoms with van der Waals surface area (Å²) in [5, 5.41) is 0. The largest absolute Gasteiger partial charge is 0.490 e. The van der Waals surface area contributed by atoms with Gasteiger partial charge in [-0.25, -0.2) is 4.39 Å². The normalized spacial score (nSPS) is 10.2. The van der Waals surface area contributed by atoms with Crippen LogP contribution in [0.5, 0.6) is 5.75 Å². The molecule has 0 heterocycles. The Labute approximate surface area is 95.1 Å². The Hall–Kier alpha value is -0.420. The monoisotopic (exact) mass is 279 g/mol. The molecule has 0 radical (unpaired) electrons. The zero-order valence-corrected chi connectivity index (χ0v) is 10.1. The Kier molecular flexibility index (Phi) is 4.54. The van der Waals surface area contributed by atoms with Gasteiger partial charge in [-0.2, -0.15) is 11.8 Å². The molecule has 1 aromatic carbocycles. The Bertz CT molecular complexity index is 322. The van der Waals surface area contributed by atoms with E-state index in [4.69, 9.17) is 10.5 Å². The summed E-state index contributed by atoms with van der Waals surface area (Å²) in [5.41, 5.74) is 6.09. The highest BCUT2D eigenvalue weighted by Crippen LogP contribution is 2.28. The third-order valence-electron chi connectivity index (χ3n) is 1.60. The molecule has 0 aliphatic heterocycles. The lowest BCUT2D eigenvalue weighted by atomic mass is 10.3. The number of ether oxygens (including phenoxy) is 1. The number of anilines is 1. The number of nitrogen functional groups attached to an aromatic ring is 1. The molecule has 0 aliphatic carbocycles. The van der Waals surface area contributed by atoms with Crippen LogP contribution >= 0.6 is 27.7 Å². The van der Waals surface area contributed by atoms with Crippen molar-refractivity contribution in [2.75, 3.05) is 24.3 Å². The van der Waals surface area contributed by atoms with Crippen LogP contribution in [0.4, 0.5) is 10.1 Å². The molecule has 14 heavy (non-hydrogen) atoms. The highest BCUT2D eigenvalue weighted by Gasteiger charge is 2.06. The van der Waals surface area contributed by atoms with Gasteiger partial charge in [0.2, 0.25) is 0 Å². The molecule has 0 amide bonds. The van der Waals surface area contributed by atoms with E-state index in [1.165, 1.54) is 12.1 Å². The third-order valence-corrected chi connectivity index (χ3v) is 2.78. The highest BCUT2D eigenvalue weighted by atomic mass is 79.9. The SMILES string of the molecule is CSCCOc1cc(F)c(Br)cc1N. The van der Waals surface area contributed by atoms with E-state index in [0.717, 1.165) is 5.75 Å². The minimum Gasteiger partial charge on any atom is -0.490 e. The molecule has 0 saturated carbocycles. The minimum atomic E-state index is -0.363. The number of hydrogen-bond donors (Lipinski definition) is 1. The zero-order chi connectivity index (χ0) is 10.6. The number of halogens is 2. The summed E-state index contributed by atoms with van der Waals surface area (Å²) in [6, 6.07) is 2.80. The van der Waals surface area contributed by atoms with Crippen LogP contribution in [0, 0.1) is 5.82 Å². The smallest absolute Gasteiger partial charge is 0.145 e. The van der Waals surface area contributed by atoms with Crippen LogP contribution in [0.2, 0.25) is 0 Å². The zero-order valence-electron chi connectivity index (χ0n) is 7.72. The van der Waals surface area contributed by atoms with Crippen LogP contribution in [-0.4, -0.2) is 18.6 Å². The molecule has 0 bridgehead atoms.